The number of carbonyl (C=O) groups excluding carboxylic acids is 3. The molecule has 0 radical (unpaired) electrons. The predicted molar refractivity (Wildman–Crippen MR) is 201 cm³/mol. The summed E-state index contributed by atoms with van der Waals surface area (Å²) in [6.45, 7) is 12.8. The number of aryl methyl sites for hydroxylation is 2. The van der Waals surface area contributed by atoms with Gasteiger partial charge in [-0.15, -0.1) is 0 Å². The molecule has 4 N–H and O–H groups in total. The van der Waals surface area contributed by atoms with Crippen LogP contribution in [0.2, 0.25) is 0 Å². The van der Waals surface area contributed by atoms with Gasteiger partial charge >= 0.3 is 32.4 Å². The van der Waals surface area contributed by atoms with Crippen LogP contribution in [0.25, 0.3) is 22.1 Å². The van der Waals surface area contributed by atoms with Crippen LogP contribution in [0.1, 0.15) is 137 Å². The predicted octanol–water partition coefficient (Wildman–Crippen LogP) is 6.58. The van der Waals surface area contributed by atoms with Gasteiger partial charge in [-0.3, -0.25) is 29.1 Å². The van der Waals surface area contributed by atoms with Crippen molar-refractivity contribution in [3.05, 3.63) is 68.8 Å². The Labute approximate surface area is 324 Å². The Kier molecular flexibility index (Phi) is 13.6. The number of esters is 1. The largest absolute Gasteiger partial charge is 2.00 e. The Morgan fingerprint density at radius 3 is 2.13 bits per heavy atom. The van der Waals surface area contributed by atoms with Crippen LogP contribution in [0.3, 0.4) is 0 Å². The zero-order chi connectivity index (χ0) is 38.0. The fraction of sp³-hybridized carbons (Fsp3) is 0.500. The molecule has 4 atom stereocenters. The van der Waals surface area contributed by atoms with E-state index in [0.717, 1.165) is 36.3 Å². The van der Waals surface area contributed by atoms with Gasteiger partial charge in [0.1, 0.15) is 0 Å². The summed E-state index contributed by atoms with van der Waals surface area (Å²) >= 11 is 0. The summed E-state index contributed by atoms with van der Waals surface area (Å²) in [6, 6.07) is 5.87. The maximum Gasteiger partial charge on any atom is 2.00 e. The summed E-state index contributed by atoms with van der Waals surface area (Å²) in [4.78, 5) is 71.6. The zero-order valence-corrected chi connectivity index (χ0v) is 33.7. The van der Waals surface area contributed by atoms with Gasteiger partial charge in [-0.25, -0.2) is 0 Å². The van der Waals surface area contributed by atoms with Gasteiger partial charge < -0.3 is 30.0 Å². The van der Waals surface area contributed by atoms with Gasteiger partial charge in [0.2, 0.25) is 0 Å². The number of H-pyrrole nitrogens is 2. The van der Waals surface area contributed by atoms with Crippen LogP contribution >= 0.6 is 0 Å². The number of aliphatic carboxylic acids is 1. The average Bonchev–Trinajstić information content (AvgIpc) is 3.77. The van der Waals surface area contributed by atoms with Crippen molar-refractivity contribution < 1.29 is 49.4 Å². The summed E-state index contributed by atoms with van der Waals surface area (Å²) in [5, 5.41) is 12.8. The summed E-state index contributed by atoms with van der Waals surface area (Å²) in [5.74, 6) is -2.32. The number of carbonyl (C=O) groups is 4. The second-order valence-corrected chi connectivity index (χ2v) is 14.5. The summed E-state index contributed by atoms with van der Waals surface area (Å²) in [6.07, 6.45) is 1.52. The number of hydrogen-bond donors (Lipinski definition) is 4. The molecule has 12 nitrogen and oxygen atoms in total. The number of nitrogens with zero attached hydrogens (tertiary/aromatic N) is 3. The van der Waals surface area contributed by atoms with E-state index in [1.807, 2.05) is 53.1 Å². The van der Waals surface area contributed by atoms with Crippen molar-refractivity contribution in [1.82, 2.24) is 30.2 Å². The Morgan fingerprint density at radius 1 is 0.906 bits per heavy atom. The maximum absolute atomic E-state index is 14.2. The van der Waals surface area contributed by atoms with Crippen LogP contribution < -0.4 is 5.32 Å². The molecule has 2 aliphatic rings. The molecular weight excluding hydrogens is 767 g/mol. The Balaban J connectivity index is 0.00000627. The van der Waals surface area contributed by atoms with E-state index in [1.165, 1.54) is 7.11 Å². The normalized spacial score (nSPS) is 18.1. The van der Waals surface area contributed by atoms with E-state index in [2.05, 4.69) is 34.0 Å². The number of carboxylic acids is 1. The van der Waals surface area contributed by atoms with Crippen LogP contribution in [-0.4, -0.2) is 87.9 Å². The molecule has 0 fully saturated rings. The van der Waals surface area contributed by atoms with Gasteiger partial charge in [-0.1, -0.05) is 20.8 Å². The van der Waals surface area contributed by atoms with Crippen molar-refractivity contribution in [3.8, 4) is 0 Å². The van der Waals surface area contributed by atoms with Gasteiger partial charge in [0.05, 0.1) is 35.8 Å². The number of amides is 1. The number of Topliss-reactive ketones (excluding diaryl/α,β-unsaturated/α-hetero) is 1. The fourth-order valence-electron chi connectivity index (χ4n) is 7.81. The standard InChI is InChI=1S/C40H52N6O6.Pd/c1-10-25-20(2)28-19-33-36(24(6)47)22(4)30(43-33)17-29-21(3)26(12-13-34(48)49)38(44-29)27(16-35(50)52-9)39-37(40(51)41-14-11-15-46(7)8)23(5)31(45-39)18-32(25)42-28;/h17-21,25-26,43,45H,10-16H2,1-9H3,(H,41,51)(H,48,49);/q;+2/t20-,21+,25-,26+;/m1./s1. The first-order chi connectivity index (χ1) is 24.7. The van der Waals surface area contributed by atoms with Crippen LogP contribution in [-0.2, 0) is 41.2 Å². The van der Waals surface area contributed by atoms with E-state index in [-0.39, 0.29) is 75.0 Å². The number of aromatic nitrogens is 4. The molecule has 5 heterocycles. The Hall–Kier alpha value is -4.18. The van der Waals surface area contributed by atoms with Crippen molar-refractivity contribution in [3.63, 3.8) is 0 Å². The maximum atomic E-state index is 14.2. The molecule has 13 heteroatoms. The molecular formula is C40H52N6O6Pd+2. The molecule has 3 aromatic heterocycles. The molecule has 8 bridgehead atoms. The van der Waals surface area contributed by atoms with Crippen molar-refractivity contribution in [2.45, 2.75) is 97.3 Å². The minimum atomic E-state index is -0.943. The number of ether oxygens (including phenoxy) is 1. The topological polar surface area (TPSA) is 170 Å². The average molecular weight is 819 g/mol. The van der Waals surface area contributed by atoms with Crippen molar-refractivity contribution >= 4 is 45.7 Å². The summed E-state index contributed by atoms with van der Waals surface area (Å²) in [5.41, 5.74) is 8.34. The van der Waals surface area contributed by atoms with Crippen LogP contribution in [0.5, 0.6) is 0 Å². The molecule has 5 rings (SSSR count). The van der Waals surface area contributed by atoms with Gasteiger partial charge in [0.15, 0.2) is 5.78 Å². The van der Waals surface area contributed by atoms with Crippen molar-refractivity contribution in [2.24, 2.45) is 0 Å². The number of nitrogens with one attached hydrogen (secondary N) is 3. The summed E-state index contributed by atoms with van der Waals surface area (Å²) in [7, 11) is 5.28. The van der Waals surface area contributed by atoms with Crippen LogP contribution in [0.15, 0.2) is 18.2 Å². The molecule has 53 heavy (non-hydrogen) atoms. The number of fused-ring (bicyclic) bond motifs is 8. The number of rotatable bonds is 12. The minimum absolute atomic E-state index is 0. The second-order valence-electron chi connectivity index (χ2n) is 14.5. The molecule has 2 aliphatic heterocycles. The van der Waals surface area contributed by atoms with Gasteiger partial charge in [0, 0.05) is 75.9 Å². The first-order valence-corrected chi connectivity index (χ1v) is 18.2. The molecule has 0 spiro atoms. The van der Waals surface area contributed by atoms with Crippen LogP contribution in [0.4, 0.5) is 0 Å². The van der Waals surface area contributed by atoms with Crippen molar-refractivity contribution in [2.75, 3.05) is 34.3 Å². The van der Waals surface area contributed by atoms with E-state index < -0.39 is 11.9 Å². The number of methoxy groups -OCH3 is 1. The van der Waals surface area contributed by atoms with Crippen molar-refractivity contribution in [1.29, 1.82) is 0 Å². The minimum Gasteiger partial charge on any atom is -0.481 e. The van der Waals surface area contributed by atoms with Crippen LogP contribution in [0, 0.1) is 13.8 Å². The smallest absolute Gasteiger partial charge is 0.481 e. The monoisotopic (exact) mass is 818 g/mol. The number of ketones is 1. The molecule has 0 aromatic carbocycles. The van der Waals surface area contributed by atoms with Gasteiger partial charge in [-0.2, -0.15) is 0 Å². The van der Waals surface area contributed by atoms with E-state index in [4.69, 9.17) is 14.7 Å². The van der Waals surface area contributed by atoms with E-state index in [1.54, 1.807) is 6.92 Å². The third-order valence-electron chi connectivity index (χ3n) is 10.8. The molecule has 1 amide bonds. The molecule has 3 aromatic rings. The number of carboxylic acid groups (broad SMARTS) is 1. The number of hydrogen-bond acceptors (Lipinski definition) is 8. The zero-order valence-electron chi connectivity index (χ0n) is 32.1. The third kappa shape index (κ3) is 8.64. The van der Waals surface area contributed by atoms with E-state index >= 15 is 0 Å². The van der Waals surface area contributed by atoms with E-state index in [0.29, 0.717) is 62.3 Å². The quantitative estimate of drug-likeness (QED) is 0.0683. The van der Waals surface area contributed by atoms with E-state index in [9.17, 15) is 24.3 Å². The molecule has 0 saturated carbocycles. The molecule has 0 saturated heterocycles. The molecule has 286 valence electrons. The van der Waals surface area contributed by atoms with Gasteiger partial charge in [-0.05, 0) is 90.0 Å². The summed E-state index contributed by atoms with van der Waals surface area (Å²) < 4.78 is 5.18. The first kappa shape index (κ1) is 41.6. The molecule has 0 aliphatic carbocycles. The molecule has 0 unspecified atom stereocenters. The SMILES string of the molecule is CC[C@H]1c2cc3[nH]c(c(CC(=O)OC)c4nc(cc5[nH]c(cc(n2)[C@@H]1C)c(C(C)=O)c5C)[C@@H](C)[C@@H]4CCC(=O)O)c(C(=O)NCCCN(C)C)c3C.[Pd+2]. The first-order valence-electron chi connectivity index (χ1n) is 18.2. The number of aromatic amines is 2. The second kappa shape index (κ2) is 17.3. The Morgan fingerprint density at radius 2 is 1.51 bits per heavy atom. The van der Waals surface area contributed by atoms with Gasteiger partial charge in [0.25, 0.3) is 5.91 Å². The fourth-order valence-corrected chi connectivity index (χ4v) is 7.81. The third-order valence-corrected chi connectivity index (χ3v) is 10.8. The Bertz CT molecular complexity index is 2070.